The molecule has 230 valence electrons. The van der Waals surface area contributed by atoms with E-state index in [0.717, 1.165) is 47.9 Å². The first-order valence-corrected chi connectivity index (χ1v) is 15.4. The van der Waals surface area contributed by atoms with Gasteiger partial charge in [-0.2, -0.15) is 0 Å². The van der Waals surface area contributed by atoms with E-state index < -0.39 is 17.2 Å². The molecule has 2 aliphatic rings. The first-order valence-electron chi connectivity index (χ1n) is 15.4. The molecular weight excluding hydrogens is 571 g/mol. The Morgan fingerprint density at radius 3 is 2.67 bits per heavy atom. The molecule has 1 fully saturated rings. The van der Waals surface area contributed by atoms with Crippen molar-refractivity contribution >= 4 is 33.3 Å². The van der Waals surface area contributed by atoms with E-state index in [1.54, 1.807) is 17.9 Å². The predicted molar refractivity (Wildman–Crippen MR) is 175 cm³/mol. The van der Waals surface area contributed by atoms with Crippen LogP contribution in [-0.4, -0.2) is 55.2 Å². The van der Waals surface area contributed by atoms with Gasteiger partial charge < -0.3 is 29.6 Å². The van der Waals surface area contributed by atoms with E-state index in [1.807, 2.05) is 60.7 Å². The summed E-state index contributed by atoms with van der Waals surface area (Å²) in [6.45, 7) is 1.92. The van der Waals surface area contributed by atoms with Crippen molar-refractivity contribution in [1.82, 2.24) is 14.8 Å². The largest absolute Gasteiger partial charge is 0.497 e. The number of hydrogen-bond donors (Lipinski definition) is 2. The summed E-state index contributed by atoms with van der Waals surface area (Å²) in [6, 6.07) is 21.1. The molecule has 0 saturated carbocycles. The fourth-order valence-corrected chi connectivity index (χ4v) is 6.58. The zero-order chi connectivity index (χ0) is 31.1. The summed E-state index contributed by atoms with van der Waals surface area (Å²) in [6.07, 6.45) is 5.22. The Balaban J connectivity index is 1.28. The van der Waals surface area contributed by atoms with Crippen LogP contribution in [0.4, 0.5) is 10.1 Å². The molecule has 5 aromatic rings. The molecule has 7 rings (SSSR count). The first kappa shape index (κ1) is 28.9. The molecule has 0 bridgehead atoms. The van der Waals surface area contributed by atoms with Gasteiger partial charge in [-0.15, -0.1) is 0 Å². The SMILES string of the molecule is COc1cccc(CCNc2c(F)cc3c(=O)c(C(=O)NCCC4CCCN4C)cn4c3c2Oc2cc3ccccc3cc2-4)c1. The predicted octanol–water partition coefficient (Wildman–Crippen LogP) is 6.27. The number of aromatic nitrogens is 1. The number of ether oxygens (including phenoxy) is 2. The van der Waals surface area contributed by atoms with Gasteiger partial charge in [-0.1, -0.05) is 36.4 Å². The van der Waals surface area contributed by atoms with E-state index in [9.17, 15) is 9.59 Å². The van der Waals surface area contributed by atoms with Gasteiger partial charge in [0.2, 0.25) is 5.43 Å². The monoisotopic (exact) mass is 606 g/mol. The zero-order valence-corrected chi connectivity index (χ0v) is 25.4. The van der Waals surface area contributed by atoms with E-state index in [-0.39, 0.29) is 22.4 Å². The lowest BCUT2D eigenvalue weighted by molar-refractivity contribution is 0.0949. The van der Waals surface area contributed by atoms with Crippen molar-refractivity contribution in [1.29, 1.82) is 0 Å². The Kier molecular flexibility index (Phi) is 7.63. The number of nitrogens with zero attached hydrogens (tertiary/aromatic N) is 2. The number of likely N-dealkylation sites (tertiary alicyclic amines) is 1. The Bertz CT molecular complexity index is 2010. The van der Waals surface area contributed by atoms with Crippen LogP contribution in [0.1, 0.15) is 35.2 Å². The van der Waals surface area contributed by atoms with Crippen LogP contribution < -0.4 is 25.5 Å². The molecule has 0 aliphatic carbocycles. The van der Waals surface area contributed by atoms with Crippen LogP contribution in [0.2, 0.25) is 0 Å². The molecule has 9 heteroatoms. The van der Waals surface area contributed by atoms with Crippen molar-refractivity contribution < 1.29 is 18.7 Å². The summed E-state index contributed by atoms with van der Waals surface area (Å²) in [7, 11) is 3.71. The zero-order valence-electron chi connectivity index (χ0n) is 25.4. The highest BCUT2D eigenvalue weighted by molar-refractivity contribution is 6.02. The summed E-state index contributed by atoms with van der Waals surface area (Å²) >= 11 is 0. The number of methoxy groups -OCH3 is 1. The Morgan fingerprint density at radius 1 is 1.07 bits per heavy atom. The summed E-state index contributed by atoms with van der Waals surface area (Å²) in [5, 5.41) is 8.17. The number of nitrogens with one attached hydrogen (secondary N) is 2. The molecule has 4 aromatic carbocycles. The smallest absolute Gasteiger partial charge is 0.256 e. The van der Waals surface area contributed by atoms with Gasteiger partial charge in [-0.3, -0.25) is 9.59 Å². The maximum absolute atomic E-state index is 15.9. The number of benzene rings is 4. The molecule has 8 nitrogen and oxygen atoms in total. The lowest BCUT2D eigenvalue weighted by Gasteiger charge is -2.27. The lowest BCUT2D eigenvalue weighted by atomic mass is 10.0. The second-order valence-electron chi connectivity index (χ2n) is 11.8. The topological polar surface area (TPSA) is 84.8 Å². The molecule has 2 N–H and O–H groups in total. The van der Waals surface area contributed by atoms with E-state index in [0.29, 0.717) is 42.5 Å². The van der Waals surface area contributed by atoms with Crippen LogP contribution in [0.25, 0.3) is 27.4 Å². The lowest BCUT2D eigenvalue weighted by Crippen LogP contribution is -2.34. The number of pyridine rings is 1. The van der Waals surface area contributed by atoms with Crippen LogP contribution in [0.3, 0.4) is 0 Å². The van der Waals surface area contributed by atoms with Gasteiger partial charge in [0.15, 0.2) is 17.3 Å². The third-order valence-corrected chi connectivity index (χ3v) is 9.02. The normalized spacial score (nSPS) is 15.6. The number of anilines is 1. The number of carbonyl (C=O) groups excluding carboxylic acids is 1. The summed E-state index contributed by atoms with van der Waals surface area (Å²) in [5.74, 6) is 0.372. The number of hydrogen-bond acceptors (Lipinski definition) is 6. The van der Waals surface area contributed by atoms with Crippen molar-refractivity contribution in [2.75, 3.05) is 39.1 Å². The van der Waals surface area contributed by atoms with Crippen molar-refractivity contribution in [2.45, 2.75) is 31.7 Å². The van der Waals surface area contributed by atoms with E-state index in [2.05, 4.69) is 22.6 Å². The molecule has 0 spiro atoms. The van der Waals surface area contributed by atoms with Crippen molar-refractivity contribution in [3.8, 4) is 22.9 Å². The Hall–Kier alpha value is -4.89. The average molecular weight is 607 g/mol. The highest BCUT2D eigenvalue weighted by Crippen LogP contribution is 2.46. The number of carbonyl (C=O) groups is 1. The first-order chi connectivity index (χ1) is 21.9. The van der Waals surface area contributed by atoms with E-state index in [1.165, 1.54) is 6.07 Å². The van der Waals surface area contributed by atoms with E-state index >= 15 is 4.39 Å². The van der Waals surface area contributed by atoms with Crippen LogP contribution in [0.15, 0.2) is 77.7 Å². The molecule has 3 heterocycles. The maximum Gasteiger partial charge on any atom is 0.256 e. The van der Waals surface area contributed by atoms with Gasteiger partial charge in [0.1, 0.15) is 22.5 Å². The molecule has 1 amide bonds. The number of fused-ring (bicyclic) bond motifs is 3. The minimum atomic E-state index is -0.627. The molecular formula is C36H35FN4O4. The molecule has 1 aromatic heterocycles. The fraction of sp³-hybridized carbons (Fsp3) is 0.278. The van der Waals surface area contributed by atoms with Gasteiger partial charge in [0.25, 0.3) is 5.91 Å². The summed E-state index contributed by atoms with van der Waals surface area (Å²) < 4.78 is 29.4. The Labute approximate surface area is 260 Å². The summed E-state index contributed by atoms with van der Waals surface area (Å²) in [4.78, 5) is 29.5. The van der Waals surface area contributed by atoms with Gasteiger partial charge in [-0.05, 0) is 85.9 Å². The minimum absolute atomic E-state index is 0.0348. The number of rotatable bonds is 9. The average Bonchev–Trinajstić information content (AvgIpc) is 3.46. The third-order valence-electron chi connectivity index (χ3n) is 9.02. The van der Waals surface area contributed by atoms with Crippen LogP contribution in [0.5, 0.6) is 17.2 Å². The van der Waals surface area contributed by atoms with Crippen molar-refractivity contribution in [2.24, 2.45) is 0 Å². The fourth-order valence-electron chi connectivity index (χ4n) is 6.58. The van der Waals surface area contributed by atoms with E-state index in [4.69, 9.17) is 9.47 Å². The molecule has 2 aliphatic heterocycles. The molecule has 1 unspecified atom stereocenters. The summed E-state index contributed by atoms with van der Waals surface area (Å²) in [5.41, 5.74) is 1.70. The quantitative estimate of drug-likeness (QED) is 0.202. The number of halogens is 1. The second kappa shape index (κ2) is 11.9. The van der Waals surface area contributed by atoms with Crippen LogP contribution >= 0.6 is 0 Å². The highest BCUT2D eigenvalue weighted by atomic mass is 19.1. The van der Waals surface area contributed by atoms with Gasteiger partial charge in [0.05, 0.1) is 18.2 Å². The Morgan fingerprint density at radius 2 is 1.89 bits per heavy atom. The molecule has 1 saturated heterocycles. The van der Waals surface area contributed by atoms with Crippen molar-refractivity contribution in [3.05, 3.63) is 100 Å². The molecule has 1 atom stereocenters. The maximum atomic E-state index is 15.9. The molecule has 0 radical (unpaired) electrons. The van der Waals surface area contributed by atoms with Gasteiger partial charge >= 0.3 is 0 Å². The van der Waals surface area contributed by atoms with Gasteiger partial charge in [-0.25, -0.2) is 4.39 Å². The van der Waals surface area contributed by atoms with Crippen molar-refractivity contribution in [3.63, 3.8) is 0 Å². The standard InChI is InChI=1S/C36H35FN4O4/c1-40-16-6-10-25(40)13-15-39-36(43)28-21-41-30-18-23-8-3-4-9-24(23)19-31(30)45-35-32(29(37)20-27(33(35)41)34(28)42)38-14-12-22-7-5-11-26(17-22)44-2/h3-5,7-9,11,17-21,25,38H,6,10,12-16H2,1-2H3,(H,39,43). The van der Waals surface area contributed by atoms with Crippen LogP contribution in [0, 0.1) is 5.82 Å². The minimum Gasteiger partial charge on any atom is -0.497 e. The second-order valence-corrected chi connectivity index (χ2v) is 11.8. The number of amides is 1. The van der Waals surface area contributed by atoms with Crippen LogP contribution in [-0.2, 0) is 6.42 Å². The van der Waals surface area contributed by atoms with Gasteiger partial charge in [0, 0.05) is 25.3 Å². The molecule has 45 heavy (non-hydrogen) atoms. The third kappa shape index (κ3) is 5.37. The highest BCUT2D eigenvalue weighted by Gasteiger charge is 2.29.